The van der Waals surface area contributed by atoms with Gasteiger partial charge in [-0.05, 0) is 38.1 Å². The summed E-state index contributed by atoms with van der Waals surface area (Å²) >= 11 is 3.24. The lowest BCUT2D eigenvalue weighted by Gasteiger charge is -2.18. The third kappa shape index (κ3) is 5.74. The summed E-state index contributed by atoms with van der Waals surface area (Å²) in [6, 6.07) is 5.11. The number of ether oxygens (including phenoxy) is 1. The lowest BCUT2D eigenvalue weighted by atomic mass is 10.3. The Morgan fingerprint density at radius 1 is 1.29 bits per heavy atom. The molecule has 2 atom stereocenters. The minimum Gasteiger partial charge on any atom is -0.383 e. The molecule has 21 heavy (non-hydrogen) atoms. The van der Waals surface area contributed by atoms with E-state index in [0.717, 1.165) is 4.47 Å². The van der Waals surface area contributed by atoms with Crippen LogP contribution in [0.2, 0.25) is 0 Å². The van der Waals surface area contributed by atoms with Crippen LogP contribution in [0.25, 0.3) is 0 Å². The van der Waals surface area contributed by atoms with Crippen molar-refractivity contribution in [1.29, 1.82) is 0 Å². The van der Waals surface area contributed by atoms with Crippen LogP contribution in [-0.2, 0) is 19.6 Å². The van der Waals surface area contributed by atoms with Gasteiger partial charge in [0.15, 0.2) is 0 Å². The van der Waals surface area contributed by atoms with E-state index >= 15 is 0 Å². The van der Waals surface area contributed by atoms with E-state index in [0.29, 0.717) is 6.61 Å². The van der Waals surface area contributed by atoms with E-state index in [2.05, 4.69) is 26.0 Å². The Morgan fingerprint density at radius 2 is 1.86 bits per heavy atom. The van der Waals surface area contributed by atoms with Gasteiger partial charge >= 0.3 is 0 Å². The minimum atomic E-state index is -3.73. The summed E-state index contributed by atoms with van der Waals surface area (Å²) in [7, 11) is -2.20. The molecule has 118 valence electrons. The smallest absolute Gasteiger partial charge is 0.241 e. The molecule has 6 nitrogen and oxygen atoms in total. The molecule has 0 spiro atoms. The van der Waals surface area contributed by atoms with E-state index in [1.807, 2.05) is 0 Å². The zero-order chi connectivity index (χ0) is 16.0. The lowest BCUT2D eigenvalue weighted by Crippen LogP contribution is -2.48. The molecule has 0 unspecified atom stereocenters. The minimum absolute atomic E-state index is 0.107. The first-order chi connectivity index (χ1) is 9.76. The molecule has 8 heteroatoms. The van der Waals surface area contributed by atoms with Crippen molar-refractivity contribution in [2.24, 2.45) is 0 Å². The van der Waals surface area contributed by atoms with E-state index in [4.69, 9.17) is 4.74 Å². The predicted octanol–water partition coefficient (Wildman–Crippen LogP) is 1.27. The number of sulfonamides is 1. The maximum absolute atomic E-state index is 12.1. The first kappa shape index (κ1) is 18.1. The summed E-state index contributed by atoms with van der Waals surface area (Å²) in [6.45, 7) is 3.63. The van der Waals surface area contributed by atoms with Crippen LogP contribution in [-0.4, -0.2) is 40.1 Å². The number of benzene rings is 1. The zero-order valence-corrected chi connectivity index (χ0v) is 14.5. The molecule has 1 rings (SSSR count). The number of amides is 1. The second-order valence-electron chi connectivity index (χ2n) is 4.66. The third-order valence-electron chi connectivity index (χ3n) is 2.65. The third-order valence-corrected chi connectivity index (χ3v) is 4.74. The first-order valence-corrected chi connectivity index (χ1v) is 8.61. The van der Waals surface area contributed by atoms with Crippen molar-refractivity contribution >= 4 is 31.9 Å². The van der Waals surface area contributed by atoms with Crippen LogP contribution >= 0.6 is 15.9 Å². The molecule has 0 aliphatic rings. The number of methoxy groups -OCH3 is 1. The monoisotopic (exact) mass is 378 g/mol. The molecule has 1 aromatic rings. The molecule has 0 aliphatic carbocycles. The number of carbonyl (C=O) groups is 1. The molecule has 0 radical (unpaired) electrons. The van der Waals surface area contributed by atoms with Crippen LogP contribution in [0.4, 0.5) is 0 Å². The molecule has 0 bridgehead atoms. The van der Waals surface area contributed by atoms with Gasteiger partial charge in [0.25, 0.3) is 0 Å². The molecule has 2 N–H and O–H groups in total. The highest BCUT2D eigenvalue weighted by Gasteiger charge is 2.22. The van der Waals surface area contributed by atoms with Crippen molar-refractivity contribution < 1.29 is 17.9 Å². The second-order valence-corrected chi connectivity index (χ2v) is 7.29. The van der Waals surface area contributed by atoms with Gasteiger partial charge in [0.05, 0.1) is 17.5 Å². The fourth-order valence-corrected chi connectivity index (χ4v) is 3.09. The molecule has 0 aromatic heterocycles. The normalized spacial score (nSPS) is 14.5. The molecule has 1 amide bonds. The summed E-state index contributed by atoms with van der Waals surface area (Å²) in [6.07, 6.45) is 0. The maximum atomic E-state index is 12.1. The highest BCUT2D eigenvalue weighted by Crippen LogP contribution is 2.14. The average Bonchev–Trinajstić information content (AvgIpc) is 2.38. The second kappa shape index (κ2) is 7.88. The fraction of sp³-hybridized carbons (Fsp3) is 0.462. The molecule has 0 heterocycles. The SMILES string of the molecule is COC[C@H](C)NC(=O)[C@H](C)NS(=O)(=O)c1ccc(Br)cc1. The largest absolute Gasteiger partial charge is 0.383 e. The zero-order valence-electron chi connectivity index (χ0n) is 12.1. The van der Waals surface area contributed by atoms with E-state index in [9.17, 15) is 13.2 Å². The van der Waals surface area contributed by atoms with Crippen LogP contribution < -0.4 is 10.0 Å². The fourth-order valence-electron chi connectivity index (χ4n) is 1.63. The van der Waals surface area contributed by atoms with Crippen LogP contribution in [0, 0.1) is 0 Å². The summed E-state index contributed by atoms with van der Waals surface area (Å²) in [4.78, 5) is 12.0. The first-order valence-electron chi connectivity index (χ1n) is 6.33. The van der Waals surface area contributed by atoms with Crippen molar-refractivity contribution in [3.8, 4) is 0 Å². The van der Waals surface area contributed by atoms with Crippen LogP contribution in [0.3, 0.4) is 0 Å². The molecule has 0 saturated heterocycles. The van der Waals surface area contributed by atoms with Gasteiger partial charge in [-0.2, -0.15) is 4.72 Å². The van der Waals surface area contributed by atoms with Crippen molar-refractivity contribution in [1.82, 2.24) is 10.0 Å². The Balaban J connectivity index is 2.70. The van der Waals surface area contributed by atoms with Crippen molar-refractivity contribution in [3.63, 3.8) is 0 Å². The van der Waals surface area contributed by atoms with Gasteiger partial charge in [-0.25, -0.2) is 8.42 Å². The maximum Gasteiger partial charge on any atom is 0.241 e. The molecule has 0 fully saturated rings. The molecule has 0 aliphatic heterocycles. The van der Waals surface area contributed by atoms with E-state index in [-0.39, 0.29) is 10.9 Å². The number of hydrogen-bond donors (Lipinski definition) is 2. The molecule has 0 saturated carbocycles. The lowest BCUT2D eigenvalue weighted by molar-refractivity contribution is -0.123. The Morgan fingerprint density at radius 3 is 2.38 bits per heavy atom. The van der Waals surface area contributed by atoms with Gasteiger partial charge in [-0.1, -0.05) is 15.9 Å². The quantitative estimate of drug-likeness (QED) is 0.747. The van der Waals surface area contributed by atoms with Crippen LogP contribution in [0.5, 0.6) is 0 Å². The summed E-state index contributed by atoms with van der Waals surface area (Å²) in [5.74, 6) is -0.403. The van der Waals surface area contributed by atoms with E-state index in [1.165, 1.54) is 26.2 Å². The Labute approximate surface area is 133 Å². The number of carbonyl (C=O) groups excluding carboxylic acids is 1. The number of rotatable bonds is 7. The molecular weight excluding hydrogens is 360 g/mol. The number of halogens is 1. The predicted molar refractivity (Wildman–Crippen MR) is 83.4 cm³/mol. The van der Waals surface area contributed by atoms with Crippen molar-refractivity contribution in [2.75, 3.05) is 13.7 Å². The van der Waals surface area contributed by atoms with Gasteiger partial charge in [0, 0.05) is 17.6 Å². The highest BCUT2D eigenvalue weighted by atomic mass is 79.9. The van der Waals surface area contributed by atoms with Gasteiger partial charge in [0.1, 0.15) is 0 Å². The van der Waals surface area contributed by atoms with Gasteiger partial charge in [-0.3, -0.25) is 4.79 Å². The Hall–Kier alpha value is -0.960. The molecule has 1 aromatic carbocycles. The Kier molecular flexibility index (Phi) is 6.79. The van der Waals surface area contributed by atoms with E-state index in [1.54, 1.807) is 19.1 Å². The highest BCUT2D eigenvalue weighted by molar-refractivity contribution is 9.10. The van der Waals surface area contributed by atoms with Crippen LogP contribution in [0.15, 0.2) is 33.6 Å². The van der Waals surface area contributed by atoms with E-state index < -0.39 is 22.0 Å². The summed E-state index contributed by atoms with van der Waals surface area (Å²) < 4.78 is 32.3. The van der Waals surface area contributed by atoms with Gasteiger partial charge in [-0.15, -0.1) is 0 Å². The van der Waals surface area contributed by atoms with Crippen molar-refractivity contribution in [2.45, 2.75) is 30.8 Å². The van der Waals surface area contributed by atoms with Gasteiger partial charge in [0.2, 0.25) is 15.9 Å². The standard InChI is InChI=1S/C13H19BrN2O4S/c1-9(8-20-3)15-13(17)10(2)16-21(18,19)12-6-4-11(14)5-7-12/h4-7,9-10,16H,8H2,1-3H3,(H,15,17)/t9-,10-/m0/s1. The summed E-state index contributed by atoms with van der Waals surface area (Å²) in [5.41, 5.74) is 0. The number of nitrogens with one attached hydrogen (secondary N) is 2. The average molecular weight is 379 g/mol. The Bertz CT molecular complexity index is 574. The van der Waals surface area contributed by atoms with Crippen molar-refractivity contribution in [3.05, 3.63) is 28.7 Å². The molecular formula is C13H19BrN2O4S. The van der Waals surface area contributed by atoms with Crippen LogP contribution in [0.1, 0.15) is 13.8 Å². The summed E-state index contributed by atoms with van der Waals surface area (Å²) in [5, 5.41) is 2.67. The number of hydrogen-bond acceptors (Lipinski definition) is 4. The van der Waals surface area contributed by atoms with Gasteiger partial charge < -0.3 is 10.1 Å². The topological polar surface area (TPSA) is 84.5 Å².